The van der Waals surface area contributed by atoms with Crippen LogP contribution in [0.5, 0.6) is 0 Å². The second-order valence-electron chi connectivity index (χ2n) is 7.36. The first kappa shape index (κ1) is 18.9. The summed E-state index contributed by atoms with van der Waals surface area (Å²) in [4.78, 5) is 28.7. The predicted octanol–water partition coefficient (Wildman–Crippen LogP) is 2.96. The number of carbonyl (C=O) groups excluding carboxylic acids is 2. The van der Waals surface area contributed by atoms with E-state index in [2.05, 4.69) is 15.8 Å². The van der Waals surface area contributed by atoms with Gasteiger partial charge in [0, 0.05) is 42.7 Å². The highest BCUT2D eigenvalue weighted by molar-refractivity contribution is 6.31. The average molecular weight is 406 g/mol. The van der Waals surface area contributed by atoms with Crippen LogP contribution in [-0.2, 0) is 6.54 Å². The number of amides is 4. The van der Waals surface area contributed by atoms with Gasteiger partial charge in [-0.15, -0.1) is 0 Å². The Hall–Kier alpha value is -2.48. The van der Waals surface area contributed by atoms with Crippen molar-refractivity contribution in [2.75, 3.05) is 20.1 Å². The van der Waals surface area contributed by atoms with Gasteiger partial charge < -0.3 is 25.0 Å². The highest BCUT2D eigenvalue weighted by Crippen LogP contribution is 2.31. The van der Waals surface area contributed by atoms with Gasteiger partial charge in [-0.3, -0.25) is 0 Å². The number of urea groups is 2. The van der Waals surface area contributed by atoms with Crippen molar-refractivity contribution in [2.45, 2.75) is 44.3 Å². The quantitative estimate of drug-likeness (QED) is 0.818. The minimum absolute atomic E-state index is 0.0337. The topological polar surface area (TPSA) is 90.7 Å². The highest BCUT2D eigenvalue weighted by atomic mass is 35.5. The number of halogens is 1. The van der Waals surface area contributed by atoms with Gasteiger partial charge in [-0.2, -0.15) is 0 Å². The zero-order valence-electron chi connectivity index (χ0n) is 15.8. The van der Waals surface area contributed by atoms with Gasteiger partial charge in [0.15, 0.2) is 5.58 Å². The predicted molar refractivity (Wildman–Crippen MR) is 105 cm³/mol. The fraction of sp³-hybridized carbons (Fsp3) is 0.526. The molecular formula is C19H24ClN5O3. The van der Waals surface area contributed by atoms with E-state index in [1.165, 1.54) is 0 Å². The standard InChI is InChI=1S/C19H24ClN5O3/c1-21-18(26)24-8-2-3-14(11-24)25(13-5-6-13)19(27)22-10-16-15-7-4-12(20)9-17(15)28-23-16/h4,7,9,13-14H,2-3,5-6,8,10-11H2,1H3,(H,21,26)(H,22,27)/t14-/m1/s1. The van der Waals surface area contributed by atoms with Gasteiger partial charge in [-0.1, -0.05) is 16.8 Å². The third-order valence-corrected chi connectivity index (χ3v) is 5.62. The van der Waals surface area contributed by atoms with Gasteiger partial charge in [0.2, 0.25) is 0 Å². The smallest absolute Gasteiger partial charge is 0.318 e. The lowest BCUT2D eigenvalue weighted by Gasteiger charge is -2.39. The number of hydrogen-bond acceptors (Lipinski definition) is 4. The molecule has 1 saturated heterocycles. The van der Waals surface area contributed by atoms with Crippen LogP contribution in [0, 0.1) is 0 Å². The lowest BCUT2D eigenvalue weighted by molar-refractivity contribution is 0.116. The molecule has 1 atom stereocenters. The maximum atomic E-state index is 13.0. The van der Waals surface area contributed by atoms with E-state index in [1.54, 1.807) is 24.1 Å². The summed E-state index contributed by atoms with van der Waals surface area (Å²) < 4.78 is 5.30. The number of fused-ring (bicyclic) bond motifs is 1. The van der Waals surface area contributed by atoms with Crippen LogP contribution in [0.3, 0.4) is 0 Å². The van der Waals surface area contributed by atoms with Crippen LogP contribution in [0.4, 0.5) is 9.59 Å². The summed E-state index contributed by atoms with van der Waals surface area (Å²) in [7, 11) is 1.63. The molecule has 4 rings (SSSR count). The van der Waals surface area contributed by atoms with Gasteiger partial charge in [0.1, 0.15) is 5.69 Å². The molecule has 4 amide bonds. The van der Waals surface area contributed by atoms with E-state index in [0.717, 1.165) is 37.6 Å². The number of nitrogens with zero attached hydrogens (tertiary/aromatic N) is 3. The molecule has 0 radical (unpaired) electrons. The average Bonchev–Trinajstić information content (AvgIpc) is 3.45. The van der Waals surface area contributed by atoms with Crippen LogP contribution in [0.2, 0.25) is 5.02 Å². The second-order valence-corrected chi connectivity index (χ2v) is 7.80. The molecule has 2 N–H and O–H groups in total. The molecule has 2 heterocycles. The van der Waals surface area contributed by atoms with Crippen LogP contribution in [0.15, 0.2) is 22.7 Å². The summed E-state index contributed by atoms with van der Waals surface area (Å²) in [5.74, 6) is 0. The van der Waals surface area contributed by atoms with E-state index >= 15 is 0 Å². The lowest BCUT2D eigenvalue weighted by atomic mass is 10.0. The van der Waals surface area contributed by atoms with Crippen molar-refractivity contribution in [2.24, 2.45) is 0 Å². The third kappa shape index (κ3) is 3.87. The molecule has 1 aliphatic heterocycles. The highest BCUT2D eigenvalue weighted by Gasteiger charge is 2.39. The van der Waals surface area contributed by atoms with Gasteiger partial charge in [-0.05, 0) is 37.8 Å². The molecule has 2 aromatic rings. The third-order valence-electron chi connectivity index (χ3n) is 5.38. The molecule has 0 spiro atoms. The molecule has 150 valence electrons. The van der Waals surface area contributed by atoms with Crippen molar-refractivity contribution in [1.82, 2.24) is 25.6 Å². The first-order valence-corrected chi connectivity index (χ1v) is 10.0. The zero-order chi connectivity index (χ0) is 19.7. The van der Waals surface area contributed by atoms with Crippen LogP contribution in [-0.4, -0.2) is 59.2 Å². The maximum absolute atomic E-state index is 13.0. The van der Waals surface area contributed by atoms with Crippen molar-refractivity contribution >= 4 is 34.6 Å². The van der Waals surface area contributed by atoms with Crippen molar-refractivity contribution < 1.29 is 14.1 Å². The summed E-state index contributed by atoms with van der Waals surface area (Å²) in [5, 5.41) is 11.1. The molecule has 2 aliphatic rings. The molecule has 2 fully saturated rings. The number of piperidine rings is 1. The Morgan fingerprint density at radius 1 is 1.32 bits per heavy atom. The van der Waals surface area contributed by atoms with E-state index in [9.17, 15) is 9.59 Å². The van der Waals surface area contributed by atoms with E-state index in [0.29, 0.717) is 22.8 Å². The molecule has 8 nitrogen and oxygen atoms in total. The zero-order valence-corrected chi connectivity index (χ0v) is 16.5. The maximum Gasteiger partial charge on any atom is 0.318 e. The normalized spacial score (nSPS) is 19.5. The fourth-order valence-electron chi connectivity index (χ4n) is 3.85. The minimum Gasteiger partial charge on any atom is -0.356 e. The van der Waals surface area contributed by atoms with Crippen LogP contribution < -0.4 is 10.6 Å². The first-order valence-electron chi connectivity index (χ1n) is 9.63. The Morgan fingerprint density at radius 3 is 2.89 bits per heavy atom. The Labute approximate surface area is 168 Å². The van der Waals surface area contributed by atoms with Gasteiger partial charge in [0.25, 0.3) is 0 Å². The fourth-order valence-corrected chi connectivity index (χ4v) is 4.01. The van der Waals surface area contributed by atoms with Crippen LogP contribution in [0.1, 0.15) is 31.4 Å². The Morgan fingerprint density at radius 2 is 2.14 bits per heavy atom. The van der Waals surface area contributed by atoms with Crippen LogP contribution >= 0.6 is 11.6 Å². The number of nitrogens with one attached hydrogen (secondary N) is 2. The summed E-state index contributed by atoms with van der Waals surface area (Å²) in [5.41, 5.74) is 1.27. The lowest BCUT2D eigenvalue weighted by Crippen LogP contribution is -2.56. The summed E-state index contributed by atoms with van der Waals surface area (Å²) in [6.45, 7) is 1.57. The number of aromatic nitrogens is 1. The van der Waals surface area contributed by atoms with Crippen molar-refractivity contribution in [3.8, 4) is 0 Å². The Bertz CT molecular complexity index is 882. The number of likely N-dealkylation sites (tertiary alicyclic amines) is 1. The second kappa shape index (κ2) is 7.87. The van der Waals surface area contributed by atoms with E-state index in [4.69, 9.17) is 16.1 Å². The van der Waals surface area contributed by atoms with Crippen LogP contribution in [0.25, 0.3) is 11.0 Å². The number of carbonyl (C=O) groups is 2. The number of rotatable bonds is 4. The Kier molecular flexibility index (Phi) is 5.30. The van der Waals surface area contributed by atoms with Gasteiger partial charge in [0.05, 0.1) is 12.6 Å². The van der Waals surface area contributed by atoms with E-state index in [1.807, 2.05) is 11.0 Å². The molecule has 9 heteroatoms. The molecule has 1 aromatic heterocycles. The minimum atomic E-state index is -0.114. The van der Waals surface area contributed by atoms with E-state index in [-0.39, 0.29) is 30.7 Å². The molecule has 1 aromatic carbocycles. The van der Waals surface area contributed by atoms with Crippen molar-refractivity contribution in [3.63, 3.8) is 0 Å². The molecular weight excluding hydrogens is 382 g/mol. The molecule has 28 heavy (non-hydrogen) atoms. The summed E-state index contributed by atoms with van der Waals surface area (Å²) in [6, 6.07) is 5.41. The largest absolute Gasteiger partial charge is 0.356 e. The molecule has 0 unspecified atom stereocenters. The number of benzene rings is 1. The van der Waals surface area contributed by atoms with Crippen molar-refractivity contribution in [3.05, 3.63) is 28.9 Å². The number of hydrogen-bond donors (Lipinski definition) is 2. The van der Waals surface area contributed by atoms with Gasteiger partial charge >= 0.3 is 12.1 Å². The molecule has 1 saturated carbocycles. The molecule has 1 aliphatic carbocycles. The monoisotopic (exact) mass is 405 g/mol. The van der Waals surface area contributed by atoms with E-state index < -0.39 is 0 Å². The first-order chi connectivity index (χ1) is 13.6. The molecule has 0 bridgehead atoms. The Balaban J connectivity index is 1.43. The summed E-state index contributed by atoms with van der Waals surface area (Å²) >= 11 is 5.97. The van der Waals surface area contributed by atoms with Crippen molar-refractivity contribution in [1.29, 1.82) is 0 Å². The summed E-state index contributed by atoms with van der Waals surface area (Å²) in [6.07, 6.45) is 3.82. The van der Waals surface area contributed by atoms with Gasteiger partial charge in [-0.25, -0.2) is 9.59 Å². The SMILES string of the molecule is CNC(=O)N1CCC[C@@H](N(C(=O)NCc2noc3cc(Cl)ccc23)C2CC2)C1.